The first-order valence-corrected chi connectivity index (χ1v) is 14.1. The highest BCUT2D eigenvalue weighted by atomic mass is 16.7. The van der Waals surface area contributed by atoms with E-state index in [9.17, 15) is 9.59 Å². The van der Waals surface area contributed by atoms with Crippen molar-refractivity contribution in [3.05, 3.63) is 0 Å². The van der Waals surface area contributed by atoms with Crippen LogP contribution < -0.4 is 0 Å². The van der Waals surface area contributed by atoms with Gasteiger partial charge in [0.25, 0.3) is 0 Å². The van der Waals surface area contributed by atoms with E-state index in [4.69, 9.17) is 14.2 Å². The van der Waals surface area contributed by atoms with Crippen LogP contribution in [-0.4, -0.2) is 36.4 Å². The molecule has 6 aliphatic rings. The second-order valence-corrected chi connectivity index (χ2v) is 13.5. The van der Waals surface area contributed by atoms with Crippen LogP contribution in [0.3, 0.4) is 0 Å². The molecule has 0 bridgehead atoms. The average molecular weight is 473 g/mol. The second kappa shape index (κ2) is 7.78. The Morgan fingerprint density at radius 2 is 1.82 bits per heavy atom. The molecule has 2 heterocycles. The average Bonchev–Trinajstić information content (AvgIpc) is 3.23. The number of ketones is 1. The SMILES string of the molecule is CC(=O)O[C@H]1CC[C@@]2(C)[C@@H](CC[C@@H]3[C@@H]2CC(=O)[C@]2(C)[C@@H]4[C@H](C[C@@H]32)O[C@@]2(CC[C@@H](C)CO2)[C@H]4C)C1. The summed E-state index contributed by atoms with van der Waals surface area (Å²) in [7, 11) is 0. The number of hydrogen-bond acceptors (Lipinski definition) is 5. The lowest BCUT2D eigenvalue weighted by Gasteiger charge is -2.60. The van der Waals surface area contributed by atoms with Crippen LogP contribution in [-0.2, 0) is 23.8 Å². The van der Waals surface area contributed by atoms with Crippen molar-refractivity contribution in [3.8, 4) is 0 Å². The van der Waals surface area contributed by atoms with Gasteiger partial charge in [-0.25, -0.2) is 0 Å². The number of carbonyl (C=O) groups excluding carboxylic acids is 2. The molecule has 0 aromatic heterocycles. The van der Waals surface area contributed by atoms with Crippen molar-refractivity contribution in [3.63, 3.8) is 0 Å². The predicted octanol–water partition coefficient (Wildman–Crippen LogP) is 5.54. The maximum absolute atomic E-state index is 14.1. The first-order chi connectivity index (χ1) is 16.1. The summed E-state index contributed by atoms with van der Waals surface area (Å²) in [6.45, 7) is 11.6. The normalized spacial score (nSPS) is 56.4. The highest BCUT2D eigenvalue weighted by Gasteiger charge is 2.71. The Labute approximate surface area is 205 Å². The van der Waals surface area contributed by atoms with Gasteiger partial charge in [0.15, 0.2) is 5.79 Å². The topological polar surface area (TPSA) is 61.8 Å². The fraction of sp³-hybridized carbons (Fsp3) is 0.931. The van der Waals surface area contributed by atoms with E-state index in [2.05, 4.69) is 27.7 Å². The maximum Gasteiger partial charge on any atom is 0.302 e. The number of fused-ring (bicyclic) bond motifs is 7. The second-order valence-electron chi connectivity index (χ2n) is 13.5. The summed E-state index contributed by atoms with van der Waals surface area (Å²) in [5, 5.41) is 0. The quantitative estimate of drug-likeness (QED) is 0.469. The van der Waals surface area contributed by atoms with Gasteiger partial charge in [0, 0.05) is 37.0 Å². The molecule has 190 valence electrons. The Morgan fingerprint density at radius 1 is 1.03 bits per heavy atom. The van der Waals surface area contributed by atoms with Crippen molar-refractivity contribution in [1.82, 2.24) is 0 Å². The van der Waals surface area contributed by atoms with Gasteiger partial charge >= 0.3 is 5.97 Å². The minimum atomic E-state index is -0.467. The van der Waals surface area contributed by atoms with Gasteiger partial charge in [0.2, 0.25) is 0 Å². The summed E-state index contributed by atoms with van der Waals surface area (Å²) in [5.41, 5.74) is -0.0934. The summed E-state index contributed by atoms with van der Waals surface area (Å²) in [4.78, 5) is 25.7. The zero-order valence-corrected chi connectivity index (χ0v) is 21.8. The van der Waals surface area contributed by atoms with Gasteiger partial charge in [-0.3, -0.25) is 9.59 Å². The molecular formula is C29H44O5. The molecule has 2 saturated heterocycles. The fourth-order valence-corrected chi connectivity index (χ4v) is 10.3. The molecule has 0 aromatic carbocycles. The van der Waals surface area contributed by atoms with E-state index in [-0.39, 0.29) is 40.8 Å². The van der Waals surface area contributed by atoms with E-state index < -0.39 is 5.79 Å². The zero-order valence-electron chi connectivity index (χ0n) is 21.8. The Hall–Kier alpha value is -0.940. The highest BCUT2D eigenvalue weighted by Crippen LogP contribution is 2.70. The van der Waals surface area contributed by atoms with Gasteiger partial charge in [-0.05, 0) is 80.0 Å². The van der Waals surface area contributed by atoms with Gasteiger partial charge in [0.1, 0.15) is 11.9 Å². The fourth-order valence-electron chi connectivity index (χ4n) is 10.3. The van der Waals surface area contributed by atoms with Crippen LogP contribution in [0, 0.1) is 52.3 Å². The van der Waals surface area contributed by atoms with Crippen LogP contribution in [0.4, 0.5) is 0 Å². The van der Waals surface area contributed by atoms with Gasteiger partial charge < -0.3 is 14.2 Å². The number of esters is 1. The molecule has 0 radical (unpaired) electrons. The molecule has 2 aliphatic heterocycles. The molecule has 6 fully saturated rings. The van der Waals surface area contributed by atoms with Gasteiger partial charge in [0.05, 0.1) is 12.7 Å². The first kappa shape index (κ1) is 23.5. The van der Waals surface area contributed by atoms with E-state index in [0.717, 1.165) is 51.6 Å². The molecule has 0 unspecified atom stereocenters. The molecule has 6 rings (SSSR count). The lowest BCUT2D eigenvalue weighted by Crippen LogP contribution is -2.58. The summed E-state index contributed by atoms with van der Waals surface area (Å²) in [5.74, 6) is 3.07. The third-order valence-corrected chi connectivity index (χ3v) is 12.1. The number of carbonyl (C=O) groups is 2. The largest absolute Gasteiger partial charge is 0.463 e. The molecule has 0 amide bonds. The predicted molar refractivity (Wildman–Crippen MR) is 128 cm³/mol. The number of ether oxygens (including phenoxy) is 3. The van der Waals surface area contributed by atoms with E-state index in [1.165, 1.54) is 19.8 Å². The van der Waals surface area contributed by atoms with E-state index >= 15 is 0 Å². The van der Waals surface area contributed by atoms with Crippen LogP contribution in [0.2, 0.25) is 0 Å². The van der Waals surface area contributed by atoms with Crippen LogP contribution in [0.15, 0.2) is 0 Å². The number of rotatable bonds is 1. The molecule has 0 N–H and O–H groups in total. The van der Waals surface area contributed by atoms with Crippen molar-refractivity contribution < 1.29 is 23.8 Å². The van der Waals surface area contributed by atoms with Crippen LogP contribution >= 0.6 is 0 Å². The minimum Gasteiger partial charge on any atom is -0.463 e. The number of hydrogen-bond donors (Lipinski definition) is 0. The Bertz CT molecular complexity index is 861. The molecule has 4 saturated carbocycles. The molecule has 12 atom stereocenters. The summed E-state index contributed by atoms with van der Waals surface area (Å²) >= 11 is 0. The molecule has 1 spiro atoms. The molecule has 34 heavy (non-hydrogen) atoms. The summed E-state index contributed by atoms with van der Waals surface area (Å²) < 4.78 is 18.8. The third kappa shape index (κ3) is 3.11. The molecule has 5 heteroatoms. The first-order valence-electron chi connectivity index (χ1n) is 14.1. The highest BCUT2D eigenvalue weighted by molar-refractivity contribution is 5.87. The molecule has 0 aromatic rings. The van der Waals surface area contributed by atoms with Crippen molar-refractivity contribution in [1.29, 1.82) is 0 Å². The third-order valence-electron chi connectivity index (χ3n) is 12.1. The Kier molecular flexibility index (Phi) is 5.37. The molecular weight excluding hydrogens is 428 g/mol. The molecule has 4 aliphatic carbocycles. The van der Waals surface area contributed by atoms with E-state index in [1.54, 1.807) is 0 Å². The van der Waals surface area contributed by atoms with E-state index in [1.807, 2.05) is 0 Å². The zero-order chi connectivity index (χ0) is 24.0. The summed E-state index contributed by atoms with van der Waals surface area (Å²) in [6.07, 6.45) is 9.47. The monoisotopic (exact) mass is 472 g/mol. The standard InChI is InChI=1S/C29H44O5/c1-16-8-11-29(32-15-16)17(2)26-24(34-29)13-23-21-7-6-19-12-20(33-18(3)30)9-10-27(19,4)22(21)14-25(31)28(23,26)5/h16-17,19-24,26H,6-15H2,1-5H3/t16-,17+,19+,20+,21-,22+,23+,24+,26+,27+,28-,29+/m1/s1. The molecule has 5 nitrogen and oxygen atoms in total. The van der Waals surface area contributed by atoms with Gasteiger partial charge in [-0.2, -0.15) is 0 Å². The van der Waals surface area contributed by atoms with Crippen LogP contribution in [0.5, 0.6) is 0 Å². The smallest absolute Gasteiger partial charge is 0.302 e. The Balaban J connectivity index is 1.25. The van der Waals surface area contributed by atoms with Crippen LogP contribution in [0.1, 0.15) is 92.4 Å². The van der Waals surface area contributed by atoms with Crippen molar-refractivity contribution in [2.45, 2.75) is 110 Å². The van der Waals surface area contributed by atoms with Crippen molar-refractivity contribution in [2.24, 2.45) is 52.3 Å². The van der Waals surface area contributed by atoms with Crippen LogP contribution in [0.25, 0.3) is 0 Å². The van der Waals surface area contributed by atoms with Gasteiger partial charge in [-0.15, -0.1) is 0 Å². The number of Topliss-reactive ketones (excluding diaryl/α,β-unsaturated/α-hetero) is 1. The summed E-state index contributed by atoms with van der Waals surface area (Å²) in [6, 6.07) is 0. The van der Waals surface area contributed by atoms with Crippen molar-refractivity contribution >= 4 is 11.8 Å². The lowest BCUT2D eigenvalue weighted by molar-refractivity contribution is -0.272. The minimum absolute atomic E-state index is 0.0613. The maximum atomic E-state index is 14.1. The van der Waals surface area contributed by atoms with Crippen molar-refractivity contribution in [2.75, 3.05) is 6.61 Å². The lowest BCUT2D eigenvalue weighted by atomic mass is 9.44. The van der Waals surface area contributed by atoms with E-state index in [0.29, 0.717) is 35.4 Å². The van der Waals surface area contributed by atoms with Gasteiger partial charge in [-0.1, -0.05) is 27.7 Å². The Morgan fingerprint density at radius 3 is 2.53 bits per heavy atom.